The zero-order valence-electron chi connectivity index (χ0n) is 11.0. The summed E-state index contributed by atoms with van der Waals surface area (Å²) in [7, 11) is 1.53. The highest BCUT2D eigenvalue weighted by Crippen LogP contribution is 2.22. The Kier molecular flexibility index (Phi) is 4.83. The molecule has 2 N–H and O–H groups in total. The first-order valence-corrected chi connectivity index (χ1v) is 5.82. The van der Waals surface area contributed by atoms with Crippen LogP contribution in [0.25, 0.3) is 0 Å². The molecule has 106 valence electrons. The summed E-state index contributed by atoms with van der Waals surface area (Å²) in [5.41, 5.74) is -1.17. The molecule has 0 fully saturated rings. The Labute approximate surface area is 110 Å². The maximum Gasteiger partial charge on any atom is 0.323 e. The van der Waals surface area contributed by atoms with E-state index in [1.54, 1.807) is 6.92 Å². The number of likely N-dealkylation sites (N-methyl/N-ethyl adjacent to an activating group) is 1. The summed E-state index contributed by atoms with van der Waals surface area (Å²) in [6.45, 7) is 3.14. The minimum atomic E-state index is -1.17. The van der Waals surface area contributed by atoms with Crippen LogP contribution >= 0.6 is 0 Å². The predicted molar refractivity (Wildman–Crippen MR) is 66.2 cm³/mol. The molecule has 0 aliphatic carbocycles. The van der Waals surface area contributed by atoms with Gasteiger partial charge in [-0.2, -0.15) is 0 Å². The number of carboxylic acid groups (broad SMARTS) is 1. The Balaban J connectivity index is 2.74. The van der Waals surface area contributed by atoms with Crippen LogP contribution in [-0.2, 0) is 4.79 Å². The molecule has 1 aromatic carbocycles. The van der Waals surface area contributed by atoms with Crippen LogP contribution < -0.4 is 10.1 Å². The van der Waals surface area contributed by atoms with Crippen LogP contribution in [0.1, 0.15) is 20.3 Å². The van der Waals surface area contributed by atoms with E-state index in [4.69, 9.17) is 9.84 Å². The number of halogens is 2. The zero-order chi connectivity index (χ0) is 14.6. The van der Waals surface area contributed by atoms with Gasteiger partial charge < -0.3 is 15.2 Å². The number of carboxylic acids is 1. The van der Waals surface area contributed by atoms with E-state index < -0.39 is 29.2 Å². The van der Waals surface area contributed by atoms with Gasteiger partial charge >= 0.3 is 5.97 Å². The number of nitrogens with one attached hydrogen (secondary N) is 1. The maximum absolute atomic E-state index is 13.4. The van der Waals surface area contributed by atoms with E-state index in [0.29, 0.717) is 0 Å². The lowest BCUT2D eigenvalue weighted by atomic mass is 9.95. The molecule has 6 heteroatoms. The predicted octanol–water partition coefficient (Wildman–Crippen LogP) is 2.18. The number of hydrogen-bond acceptors (Lipinski definition) is 3. The number of rotatable bonds is 6. The van der Waals surface area contributed by atoms with E-state index in [0.717, 1.165) is 12.1 Å². The standard InChI is InChI=1S/C13H17F2NO3/c1-8(7-13(2,16-3)12(17)18)19-11-5-4-9(14)6-10(11)15/h4-6,8,16H,7H2,1-3H3,(H,17,18). The molecule has 1 aromatic rings. The number of ether oxygens (including phenoxy) is 1. The molecule has 0 saturated heterocycles. The van der Waals surface area contributed by atoms with E-state index in [1.165, 1.54) is 20.0 Å². The third kappa shape index (κ3) is 3.89. The van der Waals surface area contributed by atoms with Gasteiger partial charge in [-0.3, -0.25) is 4.79 Å². The monoisotopic (exact) mass is 273 g/mol. The minimum absolute atomic E-state index is 0.0993. The highest BCUT2D eigenvalue weighted by molar-refractivity contribution is 5.78. The number of aliphatic carboxylic acids is 1. The second-order valence-corrected chi connectivity index (χ2v) is 4.59. The van der Waals surface area contributed by atoms with Crippen LogP contribution in [0.5, 0.6) is 5.75 Å². The topological polar surface area (TPSA) is 58.6 Å². The lowest BCUT2D eigenvalue weighted by molar-refractivity contribution is -0.145. The van der Waals surface area contributed by atoms with Gasteiger partial charge in [-0.15, -0.1) is 0 Å². The summed E-state index contributed by atoms with van der Waals surface area (Å²) in [5.74, 6) is -2.63. The summed E-state index contributed by atoms with van der Waals surface area (Å²) in [6, 6.07) is 2.98. The number of carbonyl (C=O) groups is 1. The van der Waals surface area contributed by atoms with Gasteiger partial charge in [0, 0.05) is 12.5 Å². The van der Waals surface area contributed by atoms with Gasteiger partial charge in [-0.1, -0.05) is 0 Å². The van der Waals surface area contributed by atoms with Gasteiger partial charge in [0.15, 0.2) is 11.6 Å². The van der Waals surface area contributed by atoms with Crippen LogP contribution in [0.3, 0.4) is 0 Å². The molecule has 0 aliphatic heterocycles. The van der Waals surface area contributed by atoms with E-state index in [1.807, 2.05) is 0 Å². The second kappa shape index (κ2) is 5.97. The molecule has 0 amide bonds. The third-order valence-electron chi connectivity index (χ3n) is 2.94. The quantitative estimate of drug-likeness (QED) is 0.834. The van der Waals surface area contributed by atoms with E-state index in [2.05, 4.69) is 5.32 Å². The third-order valence-corrected chi connectivity index (χ3v) is 2.94. The zero-order valence-corrected chi connectivity index (χ0v) is 11.0. The van der Waals surface area contributed by atoms with Crippen LogP contribution in [0.15, 0.2) is 18.2 Å². The molecule has 0 radical (unpaired) electrons. The summed E-state index contributed by atoms with van der Waals surface area (Å²) >= 11 is 0. The second-order valence-electron chi connectivity index (χ2n) is 4.59. The molecular weight excluding hydrogens is 256 g/mol. The van der Waals surface area contributed by atoms with Crippen molar-refractivity contribution in [1.82, 2.24) is 5.32 Å². The summed E-state index contributed by atoms with van der Waals surface area (Å²) in [5, 5.41) is 11.8. The van der Waals surface area contributed by atoms with Gasteiger partial charge in [0.25, 0.3) is 0 Å². The molecule has 0 spiro atoms. The molecule has 2 atom stereocenters. The summed E-state index contributed by atoms with van der Waals surface area (Å²) in [6.07, 6.45) is -0.413. The molecule has 0 aromatic heterocycles. The Bertz CT molecular complexity index is 467. The van der Waals surface area contributed by atoms with Crippen molar-refractivity contribution in [3.63, 3.8) is 0 Å². The van der Waals surface area contributed by atoms with Crippen molar-refractivity contribution in [3.8, 4) is 5.75 Å². The Hall–Kier alpha value is -1.69. The van der Waals surface area contributed by atoms with E-state index in [9.17, 15) is 13.6 Å². The fourth-order valence-corrected chi connectivity index (χ4v) is 1.70. The van der Waals surface area contributed by atoms with Crippen molar-refractivity contribution in [2.45, 2.75) is 31.9 Å². The molecule has 19 heavy (non-hydrogen) atoms. The first-order chi connectivity index (χ1) is 8.78. The van der Waals surface area contributed by atoms with E-state index in [-0.39, 0.29) is 12.2 Å². The van der Waals surface area contributed by atoms with Crippen molar-refractivity contribution >= 4 is 5.97 Å². The van der Waals surface area contributed by atoms with Crippen molar-refractivity contribution in [2.75, 3.05) is 7.05 Å². The molecule has 0 bridgehead atoms. The minimum Gasteiger partial charge on any atom is -0.488 e. The Morgan fingerprint density at radius 3 is 2.63 bits per heavy atom. The number of hydrogen-bond donors (Lipinski definition) is 2. The van der Waals surface area contributed by atoms with Crippen molar-refractivity contribution < 1.29 is 23.4 Å². The van der Waals surface area contributed by atoms with E-state index >= 15 is 0 Å². The van der Waals surface area contributed by atoms with Crippen molar-refractivity contribution in [1.29, 1.82) is 0 Å². The molecule has 0 heterocycles. The molecule has 2 unspecified atom stereocenters. The molecule has 1 rings (SSSR count). The lowest BCUT2D eigenvalue weighted by Gasteiger charge is -2.27. The van der Waals surface area contributed by atoms with Crippen LogP contribution in [0.4, 0.5) is 8.78 Å². The van der Waals surface area contributed by atoms with Gasteiger partial charge in [-0.05, 0) is 33.0 Å². The summed E-state index contributed by atoms with van der Waals surface area (Å²) < 4.78 is 31.4. The van der Waals surface area contributed by atoms with Crippen molar-refractivity contribution in [2.24, 2.45) is 0 Å². The van der Waals surface area contributed by atoms with Gasteiger partial charge in [0.05, 0.1) is 6.10 Å². The fourth-order valence-electron chi connectivity index (χ4n) is 1.70. The number of benzene rings is 1. The highest BCUT2D eigenvalue weighted by atomic mass is 19.1. The van der Waals surface area contributed by atoms with Gasteiger partial charge in [0.1, 0.15) is 11.4 Å². The first-order valence-electron chi connectivity index (χ1n) is 5.82. The Morgan fingerprint density at radius 2 is 2.16 bits per heavy atom. The van der Waals surface area contributed by atoms with Crippen molar-refractivity contribution in [3.05, 3.63) is 29.8 Å². The normalized spacial score (nSPS) is 15.6. The highest BCUT2D eigenvalue weighted by Gasteiger charge is 2.33. The largest absolute Gasteiger partial charge is 0.488 e. The first kappa shape index (κ1) is 15.4. The summed E-state index contributed by atoms with van der Waals surface area (Å²) in [4.78, 5) is 11.1. The lowest BCUT2D eigenvalue weighted by Crippen LogP contribution is -2.50. The van der Waals surface area contributed by atoms with Crippen LogP contribution in [0.2, 0.25) is 0 Å². The average Bonchev–Trinajstić information content (AvgIpc) is 2.32. The molecule has 0 saturated carbocycles. The SMILES string of the molecule is CNC(C)(CC(C)Oc1ccc(F)cc1F)C(=O)O. The van der Waals surface area contributed by atoms with Gasteiger partial charge in [0.2, 0.25) is 0 Å². The molecule has 0 aliphatic rings. The van der Waals surface area contributed by atoms with Crippen LogP contribution in [-0.4, -0.2) is 29.8 Å². The fraction of sp³-hybridized carbons (Fsp3) is 0.462. The van der Waals surface area contributed by atoms with Gasteiger partial charge in [-0.25, -0.2) is 8.78 Å². The van der Waals surface area contributed by atoms with Crippen LogP contribution in [0, 0.1) is 11.6 Å². The average molecular weight is 273 g/mol. The molecular formula is C13H17F2NO3. The molecule has 4 nitrogen and oxygen atoms in total. The maximum atomic E-state index is 13.4. The smallest absolute Gasteiger partial charge is 0.323 e. The Morgan fingerprint density at radius 1 is 1.53 bits per heavy atom.